The number of benzene rings is 1. The molecule has 15 heavy (non-hydrogen) atoms. The Bertz CT molecular complexity index is 366. The Morgan fingerprint density at radius 3 is 2.47 bits per heavy atom. The zero-order valence-electron chi connectivity index (χ0n) is 8.16. The van der Waals surface area contributed by atoms with Gasteiger partial charge in [0, 0.05) is 6.61 Å². The van der Waals surface area contributed by atoms with Crippen molar-refractivity contribution in [3.63, 3.8) is 0 Å². The summed E-state index contributed by atoms with van der Waals surface area (Å²) >= 11 is 6.67. The fourth-order valence-corrected chi connectivity index (χ4v) is 2.35. The van der Waals surface area contributed by atoms with Crippen molar-refractivity contribution in [1.29, 1.82) is 0 Å². The summed E-state index contributed by atoms with van der Waals surface area (Å²) < 4.78 is 0.947. The zero-order chi connectivity index (χ0) is 10.8. The lowest BCUT2D eigenvalue weighted by Crippen LogP contribution is -1.88. The fourth-order valence-electron chi connectivity index (χ4n) is 1.82. The van der Waals surface area contributed by atoms with Crippen LogP contribution in [0, 0.1) is 5.92 Å². The van der Waals surface area contributed by atoms with Crippen LogP contribution in [0.4, 0.5) is 0 Å². The van der Waals surface area contributed by atoms with Crippen molar-refractivity contribution in [3.05, 3.63) is 38.8 Å². The average molecular weight is 332 g/mol. The molecule has 0 radical (unpaired) electrons. The number of aliphatic hydroxyl groups is 1. The summed E-state index contributed by atoms with van der Waals surface area (Å²) in [6.07, 6.45) is 3.15. The predicted molar refractivity (Wildman–Crippen MR) is 70.2 cm³/mol. The SMILES string of the molecule is OC[C@@H]1C[C@H]1c1ccc(C=C(Br)Br)cc1. The fraction of sp³-hybridized carbons (Fsp3) is 0.333. The Labute approximate surface area is 106 Å². The van der Waals surface area contributed by atoms with E-state index in [0.29, 0.717) is 18.4 Å². The van der Waals surface area contributed by atoms with E-state index in [1.807, 2.05) is 6.08 Å². The van der Waals surface area contributed by atoms with Crippen molar-refractivity contribution in [2.75, 3.05) is 6.61 Å². The number of rotatable bonds is 3. The van der Waals surface area contributed by atoms with E-state index >= 15 is 0 Å². The lowest BCUT2D eigenvalue weighted by atomic mass is 10.1. The maximum Gasteiger partial charge on any atom is 0.0610 e. The molecule has 1 N–H and O–H groups in total. The molecule has 1 aliphatic rings. The molecule has 0 amide bonds. The van der Waals surface area contributed by atoms with Gasteiger partial charge in [0.15, 0.2) is 0 Å². The summed E-state index contributed by atoms with van der Waals surface area (Å²) in [7, 11) is 0. The third kappa shape index (κ3) is 2.92. The number of hydrogen-bond donors (Lipinski definition) is 1. The summed E-state index contributed by atoms with van der Waals surface area (Å²) in [5.41, 5.74) is 2.51. The molecule has 1 nitrogen and oxygen atoms in total. The maximum atomic E-state index is 8.99. The van der Waals surface area contributed by atoms with Gasteiger partial charge < -0.3 is 5.11 Å². The molecule has 0 aliphatic heterocycles. The maximum absolute atomic E-state index is 8.99. The van der Waals surface area contributed by atoms with E-state index in [1.165, 1.54) is 11.1 Å². The first-order valence-corrected chi connectivity index (χ1v) is 6.53. The molecule has 2 rings (SSSR count). The number of aliphatic hydroxyl groups excluding tert-OH is 1. The summed E-state index contributed by atoms with van der Waals surface area (Å²) in [5.74, 6) is 1.08. The third-order valence-electron chi connectivity index (χ3n) is 2.80. The van der Waals surface area contributed by atoms with E-state index in [1.54, 1.807) is 0 Å². The molecule has 0 unspecified atom stereocenters. The lowest BCUT2D eigenvalue weighted by Gasteiger charge is -2.00. The van der Waals surface area contributed by atoms with E-state index in [9.17, 15) is 0 Å². The van der Waals surface area contributed by atoms with Gasteiger partial charge in [0.1, 0.15) is 0 Å². The first-order valence-electron chi connectivity index (χ1n) is 4.94. The van der Waals surface area contributed by atoms with Crippen molar-refractivity contribution in [3.8, 4) is 0 Å². The van der Waals surface area contributed by atoms with Gasteiger partial charge in [-0.15, -0.1) is 0 Å². The first-order chi connectivity index (χ1) is 7.20. The van der Waals surface area contributed by atoms with Gasteiger partial charge in [0.05, 0.1) is 3.39 Å². The monoisotopic (exact) mass is 330 g/mol. The van der Waals surface area contributed by atoms with E-state index < -0.39 is 0 Å². The third-order valence-corrected chi connectivity index (χ3v) is 3.26. The normalized spacial score (nSPS) is 23.7. The van der Waals surface area contributed by atoms with Crippen molar-refractivity contribution >= 4 is 37.9 Å². The van der Waals surface area contributed by atoms with E-state index in [-0.39, 0.29) is 0 Å². The molecule has 80 valence electrons. The molecule has 0 aromatic heterocycles. The molecule has 2 atom stereocenters. The molecule has 1 aromatic carbocycles. The van der Waals surface area contributed by atoms with Gasteiger partial charge >= 0.3 is 0 Å². The Kier molecular flexibility index (Phi) is 3.65. The van der Waals surface area contributed by atoms with Crippen LogP contribution in [0.1, 0.15) is 23.5 Å². The van der Waals surface area contributed by atoms with Crippen LogP contribution in [0.3, 0.4) is 0 Å². The number of halogens is 2. The standard InChI is InChI=1S/C12H12Br2O/c13-12(14)5-8-1-3-9(4-2-8)11-6-10(11)7-15/h1-5,10-11,15H,6-7H2/t10-,11-/m0/s1. The van der Waals surface area contributed by atoms with Gasteiger partial charge in [-0.25, -0.2) is 0 Å². The van der Waals surface area contributed by atoms with Gasteiger partial charge in [0.25, 0.3) is 0 Å². The minimum absolute atomic E-state index is 0.319. The average Bonchev–Trinajstić information content (AvgIpc) is 2.97. The lowest BCUT2D eigenvalue weighted by molar-refractivity contribution is 0.274. The number of hydrogen-bond acceptors (Lipinski definition) is 1. The minimum atomic E-state index is 0.319. The van der Waals surface area contributed by atoms with Gasteiger partial charge in [-0.3, -0.25) is 0 Å². The first kappa shape index (κ1) is 11.4. The largest absolute Gasteiger partial charge is 0.396 e. The highest BCUT2D eigenvalue weighted by atomic mass is 79.9. The molecule has 1 fully saturated rings. The van der Waals surface area contributed by atoms with E-state index in [0.717, 1.165) is 9.81 Å². The summed E-state index contributed by atoms with van der Waals surface area (Å²) in [4.78, 5) is 0. The van der Waals surface area contributed by atoms with E-state index in [4.69, 9.17) is 5.11 Å². The Balaban J connectivity index is 2.08. The molecular weight excluding hydrogens is 320 g/mol. The van der Waals surface area contributed by atoms with Crippen LogP contribution in [0.25, 0.3) is 6.08 Å². The minimum Gasteiger partial charge on any atom is -0.396 e. The molecular formula is C12H12Br2O. The summed E-state index contributed by atoms with van der Waals surface area (Å²) in [6.45, 7) is 0.319. The van der Waals surface area contributed by atoms with Crippen molar-refractivity contribution in [2.24, 2.45) is 5.92 Å². The van der Waals surface area contributed by atoms with Crippen LogP contribution in [-0.4, -0.2) is 11.7 Å². The molecule has 0 spiro atoms. The second-order valence-electron chi connectivity index (χ2n) is 3.89. The van der Waals surface area contributed by atoms with Gasteiger partial charge in [-0.1, -0.05) is 24.3 Å². The van der Waals surface area contributed by atoms with Crippen molar-refractivity contribution in [2.45, 2.75) is 12.3 Å². The summed E-state index contributed by atoms with van der Waals surface area (Å²) in [5, 5.41) is 8.99. The molecule has 1 aromatic rings. The van der Waals surface area contributed by atoms with Crippen LogP contribution in [0.5, 0.6) is 0 Å². The van der Waals surface area contributed by atoms with Crippen LogP contribution in [0.15, 0.2) is 27.7 Å². The van der Waals surface area contributed by atoms with Crippen LogP contribution in [0.2, 0.25) is 0 Å². The topological polar surface area (TPSA) is 20.2 Å². The molecule has 0 bridgehead atoms. The van der Waals surface area contributed by atoms with E-state index in [2.05, 4.69) is 56.1 Å². The second kappa shape index (κ2) is 4.81. The quantitative estimate of drug-likeness (QED) is 0.891. The smallest absolute Gasteiger partial charge is 0.0610 e. The molecule has 0 heterocycles. The predicted octanol–water partition coefficient (Wildman–Crippen LogP) is 3.87. The second-order valence-corrected chi connectivity index (χ2v) is 6.66. The van der Waals surface area contributed by atoms with Crippen molar-refractivity contribution in [1.82, 2.24) is 0 Å². The van der Waals surface area contributed by atoms with Gasteiger partial charge in [-0.2, -0.15) is 0 Å². The highest BCUT2D eigenvalue weighted by Gasteiger charge is 2.37. The zero-order valence-corrected chi connectivity index (χ0v) is 11.3. The molecule has 1 saturated carbocycles. The highest BCUT2D eigenvalue weighted by Crippen LogP contribution is 2.46. The van der Waals surface area contributed by atoms with Crippen LogP contribution < -0.4 is 0 Å². The van der Waals surface area contributed by atoms with Gasteiger partial charge in [0.2, 0.25) is 0 Å². The van der Waals surface area contributed by atoms with Crippen LogP contribution in [-0.2, 0) is 0 Å². The molecule has 0 saturated heterocycles. The Hall–Kier alpha value is -0.120. The highest BCUT2D eigenvalue weighted by molar-refractivity contribution is 9.28. The Morgan fingerprint density at radius 2 is 2.00 bits per heavy atom. The molecule has 3 heteroatoms. The summed E-state index contributed by atoms with van der Waals surface area (Å²) in [6, 6.07) is 8.50. The van der Waals surface area contributed by atoms with Crippen molar-refractivity contribution < 1.29 is 5.11 Å². The molecule has 1 aliphatic carbocycles. The van der Waals surface area contributed by atoms with Crippen LogP contribution >= 0.6 is 31.9 Å². The Morgan fingerprint density at radius 1 is 1.33 bits per heavy atom. The van der Waals surface area contributed by atoms with Gasteiger partial charge in [-0.05, 0) is 67.3 Å².